The minimum absolute atomic E-state index is 0. The Kier molecular flexibility index (Phi) is 11.0. The predicted molar refractivity (Wildman–Crippen MR) is 159 cm³/mol. The van der Waals surface area contributed by atoms with Crippen LogP contribution in [0.2, 0.25) is 0 Å². The molecule has 0 spiro atoms. The molecule has 218 valence electrons. The summed E-state index contributed by atoms with van der Waals surface area (Å²) >= 11 is 0. The lowest BCUT2D eigenvalue weighted by Crippen LogP contribution is -2.52. The van der Waals surface area contributed by atoms with E-state index in [1.165, 1.54) is 10.9 Å². The van der Waals surface area contributed by atoms with Crippen LogP contribution < -0.4 is 21.3 Å². The molecule has 2 aromatic heterocycles. The van der Waals surface area contributed by atoms with Crippen LogP contribution in [0.3, 0.4) is 0 Å². The number of unbranched alkanes of at least 4 members (excludes halogenated alkanes) is 1. The normalized spacial score (nSPS) is 16.4. The minimum Gasteiger partial charge on any atom is -0.354 e. The number of halogens is 1. The van der Waals surface area contributed by atoms with E-state index in [2.05, 4.69) is 27.5 Å². The van der Waals surface area contributed by atoms with E-state index in [1.54, 1.807) is 41.4 Å². The lowest BCUT2D eigenvalue weighted by atomic mass is 9.92. The Balaban J connectivity index is 0.00000462. The number of nitrogens with zero attached hydrogens (tertiary/aromatic N) is 6. The number of hydrogen-bond donors (Lipinski definition) is 3. The maximum atomic E-state index is 13.2. The summed E-state index contributed by atoms with van der Waals surface area (Å²) in [6, 6.07) is 10.0. The summed E-state index contributed by atoms with van der Waals surface area (Å²) in [6.45, 7) is 4.36. The highest BCUT2D eigenvalue weighted by Gasteiger charge is 2.33. The third-order valence-corrected chi connectivity index (χ3v) is 7.30. The Bertz CT molecular complexity index is 1420. The van der Waals surface area contributed by atoms with E-state index in [1.807, 2.05) is 18.0 Å². The molecule has 41 heavy (non-hydrogen) atoms. The van der Waals surface area contributed by atoms with Crippen molar-refractivity contribution in [3.8, 4) is 6.07 Å². The van der Waals surface area contributed by atoms with Gasteiger partial charge in [-0.15, -0.1) is 12.4 Å². The molecule has 12 nitrogen and oxygen atoms in total. The number of nitrogens with one attached hydrogen (secondary N) is 2. The van der Waals surface area contributed by atoms with Gasteiger partial charge in [-0.1, -0.05) is 13.0 Å². The van der Waals surface area contributed by atoms with Crippen molar-refractivity contribution < 1.29 is 14.4 Å². The average Bonchev–Trinajstić information content (AvgIpc) is 3.40. The van der Waals surface area contributed by atoms with Crippen LogP contribution in [0.1, 0.15) is 43.0 Å². The second kappa shape index (κ2) is 14.4. The molecule has 3 amide bonds. The fourth-order valence-electron chi connectivity index (χ4n) is 4.99. The van der Waals surface area contributed by atoms with Gasteiger partial charge in [-0.3, -0.25) is 14.2 Å². The molecule has 4 rings (SSSR count). The molecule has 1 aliphatic heterocycles. The highest BCUT2D eigenvalue weighted by atomic mass is 35.5. The Labute approximate surface area is 245 Å². The van der Waals surface area contributed by atoms with Gasteiger partial charge in [-0.05, 0) is 56.0 Å². The molecule has 0 saturated carbocycles. The zero-order chi connectivity index (χ0) is 28.6. The fraction of sp³-hybridized carbons (Fsp3) is 0.429. The van der Waals surface area contributed by atoms with Gasteiger partial charge in [0.15, 0.2) is 5.65 Å². The molecule has 1 aliphatic rings. The first-order chi connectivity index (χ1) is 19.3. The van der Waals surface area contributed by atoms with Crippen molar-refractivity contribution in [3.05, 3.63) is 48.4 Å². The number of likely N-dealkylation sites (tertiary alicyclic amines) is 1. The number of carbonyl (C=O) groups excluding carboxylic acids is 3. The largest absolute Gasteiger partial charge is 0.354 e. The molecule has 3 aromatic rings. The van der Waals surface area contributed by atoms with Crippen LogP contribution in [-0.4, -0.2) is 76.5 Å². The van der Waals surface area contributed by atoms with Gasteiger partial charge in [0.2, 0.25) is 5.91 Å². The molecule has 3 heterocycles. The number of fused-ring (bicyclic) bond motifs is 1. The van der Waals surface area contributed by atoms with E-state index in [-0.39, 0.29) is 42.6 Å². The molecule has 1 saturated heterocycles. The Morgan fingerprint density at radius 2 is 2.02 bits per heavy atom. The van der Waals surface area contributed by atoms with Crippen molar-refractivity contribution in [3.63, 3.8) is 0 Å². The third kappa shape index (κ3) is 7.31. The van der Waals surface area contributed by atoms with Crippen LogP contribution in [0.15, 0.2) is 42.9 Å². The maximum absolute atomic E-state index is 13.2. The van der Waals surface area contributed by atoms with Gasteiger partial charge >= 0.3 is 6.03 Å². The number of amides is 3. The number of anilines is 2. The highest BCUT2D eigenvalue weighted by Crippen LogP contribution is 2.30. The van der Waals surface area contributed by atoms with Crippen molar-refractivity contribution >= 4 is 52.8 Å². The average molecular weight is 582 g/mol. The van der Waals surface area contributed by atoms with Crippen LogP contribution in [0.5, 0.6) is 0 Å². The number of hydrogen-bond acceptors (Lipinski definition) is 8. The van der Waals surface area contributed by atoms with Crippen molar-refractivity contribution in [2.24, 2.45) is 11.7 Å². The molecule has 1 aromatic carbocycles. The van der Waals surface area contributed by atoms with Crippen molar-refractivity contribution in [2.75, 3.05) is 43.4 Å². The highest BCUT2D eigenvalue weighted by molar-refractivity contribution is 6.01. The van der Waals surface area contributed by atoms with Crippen LogP contribution in [0, 0.1) is 17.2 Å². The van der Waals surface area contributed by atoms with Crippen LogP contribution in [0.4, 0.5) is 16.3 Å². The zero-order valence-electron chi connectivity index (χ0n) is 23.2. The molecule has 0 radical (unpaired) electrons. The van der Waals surface area contributed by atoms with Crippen molar-refractivity contribution in [2.45, 2.75) is 38.6 Å². The molecule has 1 fully saturated rings. The van der Waals surface area contributed by atoms with Gasteiger partial charge < -0.3 is 26.2 Å². The predicted octanol–water partition coefficient (Wildman–Crippen LogP) is 2.99. The van der Waals surface area contributed by atoms with Gasteiger partial charge in [-0.25, -0.2) is 14.8 Å². The Morgan fingerprint density at radius 3 is 2.78 bits per heavy atom. The van der Waals surface area contributed by atoms with Gasteiger partial charge in [-0.2, -0.15) is 5.26 Å². The number of rotatable bonds is 9. The summed E-state index contributed by atoms with van der Waals surface area (Å²) in [5, 5.41) is 15.3. The molecule has 4 N–H and O–H groups in total. The van der Waals surface area contributed by atoms with E-state index in [0.717, 1.165) is 19.3 Å². The topological polar surface area (TPSA) is 162 Å². The van der Waals surface area contributed by atoms with Gasteiger partial charge in [0.05, 0.1) is 17.5 Å². The van der Waals surface area contributed by atoms with Crippen LogP contribution >= 0.6 is 12.4 Å². The molecular formula is C28H36ClN9O3. The number of nitrogens with two attached hydrogens (primary N) is 1. The van der Waals surface area contributed by atoms with Crippen LogP contribution in [-0.2, 0) is 4.79 Å². The summed E-state index contributed by atoms with van der Waals surface area (Å²) in [5.74, 6) is 0.550. The van der Waals surface area contributed by atoms with E-state index < -0.39 is 6.03 Å². The molecular weight excluding hydrogens is 546 g/mol. The first-order valence-corrected chi connectivity index (χ1v) is 13.4. The van der Waals surface area contributed by atoms with Crippen LogP contribution in [0.25, 0.3) is 11.0 Å². The molecule has 2 atom stereocenters. The SMILES string of the molecule is C[C@@H]1CCN(C(=O)CC#N)C[C@@H]1N(C)c1ncnc2c1ccn2C(=O)Nc1cccc(C(=O)NCCCCN)c1.Cl. The Hall–Kier alpha value is -4.21. The molecule has 0 aliphatic carbocycles. The van der Waals surface area contributed by atoms with E-state index in [9.17, 15) is 14.4 Å². The van der Waals surface area contributed by atoms with E-state index in [4.69, 9.17) is 11.0 Å². The number of nitriles is 1. The first-order valence-electron chi connectivity index (χ1n) is 13.4. The standard InChI is InChI=1S/C28H35N9O3.ClH/c1-19-9-14-36(24(38)8-12-30)17-23(19)35(2)25-22-10-15-37(26(22)33-18-32-25)28(40)34-21-7-5-6-20(16-21)27(39)31-13-4-3-11-29;/h5-7,10,15-16,18-19,23H,3-4,8-9,11,13-14,17,29H2,1-2H3,(H,31,39)(H,34,40);1H/t19-,23+;/m1./s1. The zero-order valence-corrected chi connectivity index (χ0v) is 24.1. The number of benzene rings is 1. The summed E-state index contributed by atoms with van der Waals surface area (Å²) < 4.78 is 1.40. The molecule has 0 bridgehead atoms. The molecule has 0 unspecified atom stereocenters. The van der Waals surface area contributed by atoms with Gasteiger partial charge in [0.1, 0.15) is 18.6 Å². The van der Waals surface area contributed by atoms with Gasteiger partial charge in [0.25, 0.3) is 5.91 Å². The molecule has 13 heteroatoms. The second-order valence-electron chi connectivity index (χ2n) is 10.0. The minimum atomic E-state index is -0.429. The summed E-state index contributed by atoms with van der Waals surface area (Å²) in [6.07, 6.45) is 5.36. The Morgan fingerprint density at radius 1 is 1.22 bits per heavy atom. The lowest BCUT2D eigenvalue weighted by Gasteiger charge is -2.42. The second-order valence-corrected chi connectivity index (χ2v) is 10.0. The number of carbonyl (C=O) groups is 3. The first kappa shape index (κ1) is 31.3. The maximum Gasteiger partial charge on any atom is 0.331 e. The number of aromatic nitrogens is 3. The fourth-order valence-corrected chi connectivity index (χ4v) is 4.99. The van der Waals surface area contributed by atoms with Gasteiger partial charge in [0, 0.05) is 44.1 Å². The third-order valence-electron chi connectivity index (χ3n) is 7.30. The summed E-state index contributed by atoms with van der Waals surface area (Å²) in [4.78, 5) is 50.7. The summed E-state index contributed by atoms with van der Waals surface area (Å²) in [7, 11) is 1.92. The smallest absolute Gasteiger partial charge is 0.331 e. The van der Waals surface area contributed by atoms with Crippen molar-refractivity contribution in [1.82, 2.24) is 24.8 Å². The van der Waals surface area contributed by atoms with E-state index >= 15 is 0 Å². The summed E-state index contributed by atoms with van der Waals surface area (Å²) in [5.41, 5.74) is 6.85. The van der Waals surface area contributed by atoms with E-state index in [0.29, 0.717) is 54.3 Å². The quantitative estimate of drug-likeness (QED) is 0.325. The number of likely N-dealkylation sites (N-methyl/N-ethyl adjacent to an activating group) is 1. The van der Waals surface area contributed by atoms with Crippen molar-refractivity contribution in [1.29, 1.82) is 5.26 Å². The monoisotopic (exact) mass is 581 g/mol. The lowest BCUT2D eigenvalue weighted by molar-refractivity contribution is -0.131. The number of piperidine rings is 1.